The first-order chi connectivity index (χ1) is 12.8. The molecule has 1 saturated heterocycles. The van der Waals surface area contributed by atoms with Gasteiger partial charge in [-0.3, -0.25) is 4.79 Å². The first kappa shape index (κ1) is 19.8. The van der Waals surface area contributed by atoms with Crippen molar-refractivity contribution in [2.75, 3.05) is 18.5 Å². The number of sulfonamides is 1. The molecule has 27 heavy (non-hydrogen) atoms. The van der Waals surface area contributed by atoms with E-state index >= 15 is 0 Å². The van der Waals surface area contributed by atoms with Crippen LogP contribution in [0.15, 0.2) is 47.4 Å². The summed E-state index contributed by atoms with van der Waals surface area (Å²) in [7, 11) is -3.87. The topological polar surface area (TPSA) is 84.5 Å². The number of carbonyl (C=O) groups is 1. The average molecular weight is 413 g/mol. The first-order valence-corrected chi connectivity index (χ1v) is 10.2. The predicted octanol–water partition coefficient (Wildman–Crippen LogP) is 3.19. The maximum atomic E-state index is 14.3. The molecule has 0 saturated carbocycles. The highest BCUT2D eigenvalue weighted by atomic mass is 35.5. The molecule has 1 aliphatic heterocycles. The summed E-state index contributed by atoms with van der Waals surface area (Å²) in [6.45, 7) is 0.749. The van der Waals surface area contributed by atoms with Gasteiger partial charge in [0.25, 0.3) is 5.91 Å². The summed E-state index contributed by atoms with van der Waals surface area (Å²) in [4.78, 5) is 11.9. The quantitative estimate of drug-likeness (QED) is 0.763. The Bertz CT molecular complexity index is 946. The molecule has 9 heteroatoms. The zero-order valence-electron chi connectivity index (χ0n) is 14.2. The molecule has 1 amide bonds. The lowest BCUT2D eigenvalue weighted by molar-refractivity contribution is 0.102. The Balaban J connectivity index is 1.70. The minimum Gasteiger partial charge on any atom is -0.377 e. The summed E-state index contributed by atoms with van der Waals surface area (Å²) in [6, 6.07) is 9.50. The molecular formula is C18H18ClFN2O4S. The van der Waals surface area contributed by atoms with Crippen LogP contribution in [0.3, 0.4) is 0 Å². The summed E-state index contributed by atoms with van der Waals surface area (Å²) in [6.07, 6.45) is 1.51. The lowest BCUT2D eigenvalue weighted by Gasteiger charge is -2.12. The average Bonchev–Trinajstić information content (AvgIpc) is 3.15. The number of hydrogen-bond donors (Lipinski definition) is 2. The van der Waals surface area contributed by atoms with E-state index in [0.717, 1.165) is 18.9 Å². The van der Waals surface area contributed by atoms with E-state index in [0.29, 0.717) is 11.6 Å². The highest BCUT2D eigenvalue weighted by molar-refractivity contribution is 7.89. The van der Waals surface area contributed by atoms with Crippen LogP contribution in [0.1, 0.15) is 23.2 Å². The van der Waals surface area contributed by atoms with Gasteiger partial charge in [-0.25, -0.2) is 17.5 Å². The third-order valence-corrected chi connectivity index (χ3v) is 5.77. The van der Waals surface area contributed by atoms with Crippen molar-refractivity contribution in [2.45, 2.75) is 23.8 Å². The number of halogens is 2. The molecule has 2 aromatic rings. The smallest absolute Gasteiger partial charge is 0.255 e. The second-order valence-corrected chi connectivity index (χ2v) is 8.30. The molecule has 0 aliphatic carbocycles. The van der Waals surface area contributed by atoms with E-state index in [9.17, 15) is 17.6 Å². The van der Waals surface area contributed by atoms with Crippen molar-refractivity contribution >= 4 is 33.2 Å². The van der Waals surface area contributed by atoms with E-state index in [2.05, 4.69) is 10.0 Å². The van der Waals surface area contributed by atoms with Crippen LogP contribution in [-0.4, -0.2) is 33.6 Å². The van der Waals surface area contributed by atoms with Crippen LogP contribution in [0.4, 0.5) is 10.1 Å². The molecular weight excluding hydrogens is 395 g/mol. The third-order valence-electron chi connectivity index (χ3n) is 4.11. The van der Waals surface area contributed by atoms with Gasteiger partial charge >= 0.3 is 0 Å². The summed E-state index contributed by atoms with van der Waals surface area (Å²) in [5.74, 6) is -1.41. The van der Waals surface area contributed by atoms with E-state index < -0.39 is 21.7 Å². The Hall–Kier alpha value is -2.00. The fourth-order valence-electron chi connectivity index (χ4n) is 2.68. The van der Waals surface area contributed by atoms with Crippen LogP contribution in [0, 0.1) is 5.82 Å². The number of carbonyl (C=O) groups excluding carboxylic acids is 1. The summed E-state index contributed by atoms with van der Waals surface area (Å²) >= 11 is 5.83. The Kier molecular flexibility index (Phi) is 6.11. The lowest BCUT2D eigenvalue weighted by Crippen LogP contribution is -2.31. The number of anilines is 1. The standard InChI is InChI=1S/C18H18ClFN2O4S/c19-13-4-1-3-12(9-13)18(23)22-17-7-6-15(10-16(17)20)27(24,25)21-11-14-5-2-8-26-14/h1,3-4,6-7,9-10,14,21H,2,5,8,11H2,(H,22,23)/t14-/m0/s1. The second-order valence-electron chi connectivity index (χ2n) is 6.09. The molecule has 1 fully saturated rings. The number of ether oxygens (including phenoxy) is 1. The van der Waals surface area contributed by atoms with Crippen molar-refractivity contribution in [1.82, 2.24) is 4.72 Å². The van der Waals surface area contributed by atoms with Gasteiger partial charge in [-0.05, 0) is 49.2 Å². The SMILES string of the molecule is O=C(Nc1ccc(S(=O)(=O)NC[C@@H]2CCCO2)cc1F)c1cccc(Cl)c1. The van der Waals surface area contributed by atoms with Crippen molar-refractivity contribution in [3.63, 3.8) is 0 Å². The normalized spacial score (nSPS) is 17.0. The molecule has 6 nitrogen and oxygen atoms in total. The van der Waals surface area contributed by atoms with E-state index in [1.807, 2.05) is 0 Å². The van der Waals surface area contributed by atoms with Gasteiger partial charge in [-0.1, -0.05) is 17.7 Å². The van der Waals surface area contributed by atoms with Gasteiger partial charge < -0.3 is 10.1 Å². The third kappa shape index (κ3) is 5.04. The molecule has 0 unspecified atom stereocenters. The number of nitrogens with one attached hydrogen (secondary N) is 2. The molecule has 2 N–H and O–H groups in total. The van der Waals surface area contributed by atoms with Gasteiger partial charge in [0.2, 0.25) is 10.0 Å². The van der Waals surface area contributed by atoms with E-state index in [1.54, 1.807) is 12.1 Å². The summed E-state index contributed by atoms with van der Waals surface area (Å²) in [5.41, 5.74) is 0.134. The summed E-state index contributed by atoms with van der Waals surface area (Å²) < 4.78 is 46.7. The van der Waals surface area contributed by atoms with E-state index in [4.69, 9.17) is 16.3 Å². The Morgan fingerprint density at radius 3 is 2.74 bits per heavy atom. The minimum absolute atomic E-state index is 0.127. The monoisotopic (exact) mass is 412 g/mol. The Morgan fingerprint density at radius 2 is 2.07 bits per heavy atom. The summed E-state index contributed by atoms with van der Waals surface area (Å²) in [5, 5.41) is 2.78. The highest BCUT2D eigenvalue weighted by Gasteiger charge is 2.21. The van der Waals surface area contributed by atoms with Crippen LogP contribution in [0.5, 0.6) is 0 Å². The van der Waals surface area contributed by atoms with E-state index in [-0.39, 0.29) is 28.8 Å². The van der Waals surface area contributed by atoms with Gasteiger partial charge in [0, 0.05) is 23.7 Å². The van der Waals surface area contributed by atoms with Crippen molar-refractivity contribution in [1.29, 1.82) is 0 Å². The zero-order chi connectivity index (χ0) is 19.4. The van der Waals surface area contributed by atoms with Crippen LogP contribution in [0.25, 0.3) is 0 Å². The molecule has 1 atom stereocenters. The number of rotatable bonds is 6. The fourth-order valence-corrected chi connectivity index (χ4v) is 3.95. The van der Waals surface area contributed by atoms with Crippen LogP contribution in [-0.2, 0) is 14.8 Å². The lowest BCUT2D eigenvalue weighted by atomic mass is 10.2. The number of hydrogen-bond acceptors (Lipinski definition) is 4. The minimum atomic E-state index is -3.87. The van der Waals surface area contributed by atoms with Crippen LogP contribution >= 0.6 is 11.6 Å². The Morgan fingerprint density at radius 1 is 1.26 bits per heavy atom. The van der Waals surface area contributed by atoms with Gasteiger partial charge in [-0.2, -0.15) is 0 Å². The number of benzene rings is 2. The van der Waals surface area contributed by atoms with Gasteiger partial charge in [0.15, 0.2) is 0 Å². The van der Waals surface area contributed by atoms with Gasteiger partial charge in [0.1, 0.15) is 5.82 Å². The predicted molar refractivity (Wildman–Crippen MR) is 100.0 cm³/mol. The van der Waals surface area contributed by atoms with Crippen molar-refractivity contribution in [2.24, 2.45) is 0 Å². The maximum absolute atomic E-state index is 14.3. The second kappa shape index (κ2) is 8.35. The maximum Gasteiger partial charge on any atom is 0.255 e. The number of amides is 1. The first-order valence-electron chi connectivity index (χ1n) is 8.33. The zero-order valence-corrected chi connectivity index (χ0v) is 15.8. The van der Waals surface area contributed by atoms with Crippen molar-refractivity contribution in [3.05, 3.63) is 58.9 Å². The molecule has 1 heterocycles. The molecule has 0 bridgehead atoms. The van der Waals surface area contributed by atoms with Gasteiger partial charge in [0.05, 0.1) is 16.7 Å². The van der Waals surface area contributed by atoms with Crippen LogP contribution in [0.2, 0.25) is 5.02 Å². The molecule has 0 aromatic heterocycles. The van der Waals surface area contributed by atoms with Crippen molar-refractivity contribution < 1.29 is 22.3 Å². The van der Waals surface area contributed by atoms with Gasteiger partial charge in [-0.15, -0.1) is 0 Å². The van der Waals surface area contributed by atoms with E-state index in [1.165, 1.54) is 24.3 Å². The molecule has 1 aliphatic rings. The van der Waals surface area contributed by atoms with Crippen molar-refractivity contribution in [3.8, 4) is 0 Å². The molecule has 2 aromatic carbocycles. The molecule has 0 radical (unpaired) electrons. The Labute approximate surface area is 161 Å². The van der Waals surface area contributed by atoms with Crippen LogP contribution < -0.4 is 10.0 Å². The largest absolute Gasteiger partial charge is 0.377 e. The fraction of sp³-hybridized carbons (Fsp3) is 0.278. The molecule has 3 rings (SSSR count). The molecule has 0 spiro atoms. The highest BCUT2D eigenvalue weighted by Crippen LogP contribution is 2.21. The molecule has 144 valence electrons.